The van der Waals surface area contributed by atoms with Crippen molar-refractivity contribution in [3.05, 3.63) is 29.3 Å². The van der Waals surface area contributed by atoms with Crippen LogP contribution < -0.4 is 5.19 Å². The topological polar surface area (TPSA) is 9.23 Å². The van der Waals surface area contributed by atoms with Crippen LogP contribution in [0.2, 0.25) is 12.1 Å². The highest BCUT2D eigenvalue weighted by Crippen LogP contribution is 2.34. The number of fused-ring (bicyclic) bond motifs is 1. The largest absolute Gasteiger partial charge is 0.406 e. The lowest BCUT2D eigenvalue weighted by atomic mass is 10.1. The van der Waals surface area contributed by atoms with Gasteiger partial charge < -0.3 is 4.43 Å². The Kier molecular flexibility index (Phi) is 2.73. The fourth-order valence-electron chi connectivity index (χ4n) is 2.68. The SMILES string of the molecule is CC[Si]1(CC)OC(C)c2ccc(C)cc21. The lowest BCUT2D eigenvalue weighted by Gasteiger charge is -2.24. The second kappa shape index (κ2) is 3.76. The van der Waals surface area contributed by atoms with Crippen LogP contribution in [0.15, 0.2) is 18.2 Å². The normalized spacial score (nSPS) is 22.8. The first-order valence-corrected chi connectivity index (χ1v) is 8.24. The molecule has 0 amide bonds. The predicted molar refractivity (Wildman–Crippen MR) is 67.0 cm³/mol. The van der Waals surface area contributed by atoms with E-state index >= 15 is 0 Å². The molecule has 1 heterocycles. The number of hydrogen-bond donors (Lipinski definition) is 0. The third-order valence-corrected chi connectivity index (χ3v) is 8.19. The van der Waals surface area contributed by atoms with Gasteiger partial charge in [-0.15, -0.1) is 0 Å². The zero-order valence-corrected chi connectivity index (χ0v) is 11.1. The van der Waals surface area contributed by atoms with Gasteiger partial charge in [-0.2, -0.15) is 0 Å². The van der Waals surface area contributed by atoms with Crippen molar-refractivity contribution < 1.29 is 4.43 Å². The Morgan fingerprint density at radius 2 is 1.93 bits per heavy atom. The number of aryl methyl sites for hydroxylation is 1. The number of hydrogen-bond acceptors (Lipinski definition) is 1. The highest BCUT2D eigenvalue weighted by molar-refractivity contribution is 6.87. The van der Waals surface area contributed by atoms with E-state index in [0.717, 1.165) is 0 Å². The monoisotopic (exact) mass is 220 g/mol. The summed E-state index contributed by atoms with van der Waals surface area (Å²) in [5, 5.41) is 1.56. The molecule has 0 N–H and O–H groups in total. The van der Waals surface area contributed by atoms with Gasteiger partial charge in [-0.25, -0.2) is 0 Å². The van der Waals surface area contributed by atoms with Gasteiger partial charge in [0.2, 0.25) is 8.32 Å². The minimum absolute atomic E-state index is 0.312. The number of rotatable bonds is 2. The van der Waals surface area contributed by atoms with Gasteiger partial charge in [0, 0.05) is 0 Å². The van der Waals surface area contributed by atoms with Crippen LogP contribution in [0.3, 0.4) is 0 Å². The van der Waals surface area contributed by atoms with Crippen molar-refractivity contribution in [2.45, 2.75) is 45.9 Å². The van der Waals surface area contributed by atoms with Crippen LogP contribution in [0, 0.1) is 6.92 Å². The predicted octanol–water partition coefficient (Wildman–Crippen LogP) is 3.28. The Labute approximate surface area is 93.6 Å². The Bertz CT molecular complexity index is 369. The molecule has 2 rings (SSSR count). The van der Waals surface area contributed by atoms with Crippen LogP contribution in [0.5, 0.6) is 0 Å². The molecule has 82 valence electrons. The van der Waals surface area contributed by atoms with E-state index in [0.29, 0.717) is 6.10 Å². The van der Waals surface area contributed by atoms with Crippen molar-refractivity contribution in [2.75, 3.05) is 0 Å². The molecule has 1 aromatic rings. The highest BCUT2D eigenvalue weighted by Gasteiger charge is 2.43. The van der Waals surface area contributed by atoms with Crippen LogP contribution in [0.1, 0.15) is 38.0 Å². The summed E-state index contributed by atoms with van der Waals surface area (Å²) >= 11 is 0. The summed E-state index contributed by atoms with van der Waals surface area (Å²) in [6, 6.07) is 9.22. The molecule has 0 bridgehead atoms. The van der Waals surface area contributed by atoms with Gasteiger partial charge in [0.25, 0.3) is 0 Å². The lowest BCUT2D eigenvalue weighted by Crippen LogP contribution is -2.45. The van der Waals surface area contributed by atoms with Crippen LogP contribution in [0.25, 0.3) is 0 Å². The van der Waals surface area contributed by atoms with Crippen molar-refractivity contribution >= 4 is 13.5 Å². The van der Waals surface area contributed by atoms with Crippen molar-refractivity contribution in [1.29, 1.82) is 0 Å². The first-order valence-electron chi connectivity index (χ1n) is 5.92. The third kappa shape index (κ3) is 1.56. The molecule has 1 nitrogen and oxygen atoms in total. The van der Waals surface area contributed by atoms with Gasteiger partial charge in [0.1, 0.15) is 0 Å². The Morgan fingerprint density at radius 3 is 2.53 bits per heavy atom. The average molecular weight is 220 g/mol. The van der Waals surface area contributed by atoms with Gasteiger partial charge in [0.05, 0.1) is 6.10 Å². The molecule has 2 heteroatoms. The number of benzene rings is 1. The van der Waals surface area contributed by atoms with E-state index in [1.165, 1.54) is 23.2 Å². The molecule has 1 aliphatic heterocycles. The summed E-state index contributed by atoms with van der Waals surface area (Å²) in [4.78, 5) is 0. The summed E-state index contributed by atoms with van der Waals surface area (Å²) in [7, 11) is -1.60. The van der Waals surface area contributed by atoms with E-state index in [-0.39, 0.29) is 0 Å². The summed E-state index contributed by atoms with van der Waals surface area (Å²) < 4.78 is 6.31. The highest BCUT2D eigenvalue weighted by atomic mass is 28.4. The molecule has 1 atom stereocenters. The van der Waals surface area contributed by atoms with Gasteiger partial charge in [-0.05, 0) is 36.7 Å². The summed E-state index contributed by atoms with van der Waals surface area (Å²) in [5.74, 6) is 0. The van der Waals surface area contributed by atoms with Crippen LogP contribution in [-0.4, -0.2) is 8.32 Å². The van der Waals surface area contributed by atoms with Crippen molar-refractivity contribution in [1.82, 2.24) is 0 Å². The maximum atomic E-state index is 6.31. The maximum Gasteiger partial charge on any atom is 0.224 e. The molecule has 0 saturated carbocycles. The van der Waals surface area contributed by atoms with Gasteiger partial charge >= 0.3 is 0 Å². The Balaban J connectivity index is 2.56. The fourth-order valence-corrected chi connectivity index (χ4v) is 6.51. The summed E-state index contributed by atoms with van der Waals surface area (Å²) in [6.07, 6.45) is 0.312. The van der Waals surface area contributed by atoms with E-state index in [4.69, 9.17) is 4.43 Å². The first kappa shape index (κ1) is 10.9. The standard InChI is InChI=1S/C13H20OSi/c1-5-15(6-2)13-9-10(3)7-8-12(13)11(4)14-15/h7-9,11H,5-6H2,1-4H3. The fraction of sp³-hybridized carbons (Fsp3) is 0.538. The molecule has 0 fully saturated rings. The molecular formula is C13H20OSi. The second-order valence-electron chi connectivity index (χ2n) is 4.55. The maximum absolute atomic E-state index is 6.31. The van der Waals surface area contributed by atoms with E-state index in [1.54, 1.807) is 5.19 Å². The van der Waals surface area contributed by atoms with Crippen LogP contribution in [-0.2, 0) is 4.43 Å². The molecule has 1 unspecified atom stereocenters. The van der Waals surface area contributed by atoms with Crippen LogP contribution >= 0.6 is 0 Å². The van der Waals surface area contributed by atoms with Crippen molar-refractivity contribution in [2.24, 2.45) is 0 Å². The van der Waals surface area contributed by atoms with Gasteiger partial charge in [0.15, 0.2) is 0 Å². The molecular weight excluding hydrogens is 200 g/mol. The van der Waals surface area contributed by atoms with E-state index in [2.05, 4.69) is 45.9 Å². The molecule has 0 spiro atoms. The molecule has 0 radical (unpaired) electrons. The molecule has 15 heavy (non-hydrogen) atoms. The molecule has 0 aromatic heterocycles. The van der Waals surface area contributed by atoms with Gasteiger partial charge in [-0.3, -0.25) is 0 Å². The second-order valence-corrected chi connectivity index (χ2v) is 8.73. The first-order chi connectivity index (χ1) is 7.13. The third-order valence-electron chi connectivity index (χ3n) is 3.68. The lowest BCUT2D eigenvalue weighted by molar-refractivity contribution is 0.232. The van der Waals surface area contributed by atoms with Gasteiger partial charge in [-0.1, -0.05) is 37.6 Å². The Hall–Kier alpha value is -0.603. The van der Waals surface area contributed by atoms with Crippen molar-refractivity contribution in [3.63, 3.8) is 0 Å². The average Bonchev–Trinajstić information content (AvgIpc) is 2.52. The molecule has 1 aromatic carbocycles. The molecule has 0 saturated heterocycles. The van der Waals surface area contributed by atoms with Crippen LogP contribution in [0.4, 0.5) is 0 Å². The molecule has 0 aliphatic carbocycles. The molecule has 1 aliphatic rings. The van der Waals surface area contributed by atoms with E-state index in [1.807, 2.05) is 0 Å². The zero-order valence-electron chi connectivity index (χ0n) is 10.1. The van der Waals surface area contributed by atoms with E-state index in [9.17, 15) is 0 Å². The zero-order chi connectivity index (χ0) is 11.1. The Morgan fingerprint density at radius 1 is 1.27 bits per heavy atom. The summed E-state index contributed by atoms with van der Waals surface area (Å²) in [5.41, 5.74) is 2.81. The quantitative estimate of drug-likeness (QED) is 0.695. The smallest absolute Gasteiger partial charge is 0.224 e. The van der Waals surface area contributed by atoms with E-state index < -0.39 is 8.32 Å². The minimum Gasteiger partial charge on any atom is -0.406 e. The van der Waals surface area contributed by atoms with Crippen molar-refractivity contribution in [3.8, 4) is 0 Å². The minimum atomic E-state index is -1.60. The summed E-state index contributed by atoms with van der Waals surface area (Å²) in [6.45, 7) is 8.92.